The quantitative estimate of drug-likeness (QED) is 0.404. The van der Waals surface area contributed by atoms with Crippen molar-refractivity contribution in [3.63, 3.8) is 0 Å². The third kappa shape index (κ3) is 3.88. The molecule has 0 aliphatic heterocycles. The van der Waals surface area contributed by atoms with E-state index in [0.29, 0.717) is 34.8 Å². The van der Waals surface area contributed by atoms with Crippen molar-refractivity contribution in [2.75, 3.05) is 11.1 Å². The number of nitriles is 1. The van der Waals surface area contributed by atoms with Crippen LogP contribution in [0.15, 0.2) is 66.1 Å². The predicted molar refractivity (Wildman–Crippen MR) is 130 cm³/mol. The number of aromatic nitrogens is 4. The number of benzene rings is 1. The van der Waals surface area contributed by atoms with E-state index >= 15 is 0 Å². The van der Waals surface area contributed by atoms with Crippen LogP contribution in [0.25, 0.3) is 11.0 Å². The molecule has 4 aromatic rings. The molecule has 9 nitrogen and oxygen atoms in total. The topological polar surface area (TPSA) is 132 Å². The Kier molecular flexibility index (Phi) is 5.71. The normalized spacial score (nSPS) is 15.4. The molecule has 174 valence electrons. The molecule has 34 heavy (non-hydrogen) atoms. The van der Waals surface area contributed by atoms with Crippen LogP contribution in [0.5, 0.6) is 0 Å². The maximum atomic E-state index is 13.2. The Morgan fingerprint density at radius 1 is 1.18 bits per heavy atom. The van der Waals surface area contributed by atoms with Crippen LogP contribution in [0.2, 0.25) is 0 Å². The van der Waals surface area contributed by atoms with Crippen molar-refractivity contribution in [1.29, 1.82) is 5.26 Å². The number of hydrogen-bond acceptors (Lipinski definition) is 7. The minimum absolute atomic E-state index is 0.0370. The van der Waals surface area contributed by atoms with Gasteiger partial charge in [-0.2, -0.15) is 10.4 Å². The number of nitrogens with two attached hydrogens (primary N) is 1. The molecule has 0 spiro atoms. The molecule has 3 aromatic heterocycles. The van der Waals surface area contributed by atoms with Crippen LogP contribution in [-0.2, 0) is 10.0 Å². The molecule has 1 fully saturated rings. The summed E-state index contributed by atoms with van der Waals surface area (Å²) in [6.45, 7) is 0. The molecular weight excluding hydrogens is 450 g/mol. The van der Waals surface area contributed by atoms with Gasteiger partial charge in [0.2, 0.25) is 0 Å². The first-order valence-corrected chi connectivity index (χ1v) is 12.7. The maximum absolute atomic E-state index is 13.2. The van der Waals surface area contributed by atoms with E-state index in [0.717, 1.165) is 16.8 Å². The van der Waals surface area contributed by atoms with E-state index in [-0.39, 0.29) is 16.6 Å². The standard InChI is InChI=1S/C24H25N7O2S/c25-12-10-22(17-6-4-5-7-17)30-16-18(14-28-30)29-23-20-11-13-31(24(20)27-15-21(23)26)34(32,33)19-8-2-1-3-9-19/h1-3,8-9,11,13-17,22H,4-7,10,26H2,(H,27,29). The van der Waals surface area contributed by atoms with Crippen LogP contribution in [0.4, 0.5) is 17.1 Å². The zero-order chi connectivity index (χ0) is 23.7. The minimum Gasteiger partial charge on any atom is -0.396 e. The van der Waals surface area contributed by atoms with Crippen LogP contribution < -0.4 is 11.1 Å². The first kappa shape index (κ1) is 22.0. The van der Waals surface area contributed by atoms with E-state index in [1.54, 1.807) is 42.6 Å². The Labute approximate surface area is 197 Å². The van der Waals surface area contributed by atoms with Gasteiger partial charge in [-0.3, -0.25) is 4.68 Å². The van der Waals surface area contributed by atoms with E-state index in [9.17, 15) is 13.7 Å². The molecule has 0 saturated heterocycles. The summed E-state index contributed by atoms with van der Waals surface area (Å²) in [5.74, 6) is 0.447. The number of fused-ring (bicyclic) bond motifs is 1. The molecule has 1 saturated carbocycles. The van der Waals surface area contributed by atoms with Gasteiger partial charge in [-0.1, -0.05) is 31.0 Å². The zero-order valence-electron chi connectivity index (χ0n) is 18.5. The second kappa shape index (κ2) is 8.83. The highest BCUT2D eigenvalue weighted by molar-refractivity contribution is 7.90. The lowest BCUT2D eigenvalue weighted by atomic mass is 9.96. The third-order valence-electron chi connectivity index (χ3n) is 6.47. The Hall–Kier alpha value is -3.84. The van der Waals surface area contributed by atoms with Gasteiger partial charge in [0, 0.05) is 17.8 Å². The Morgan fingerprint density at radius 2 is 1.94 bits per heavy atom. The minimum atomic E-state index is -3.81. The summed E-state index contributed by atoms with van der Waals surface area (Å²) in [4.78, 5) is 4.48. The van der Waals surface area contributed by atoms with Crippen molar-refractivity contribution in [2.45, 2.75) is 43.0 Å². The van der Waals surface area contributed by atoms with Gasteiger partial charge in [-0.25, -0.2) is 17.4 Å². The van der Waals surface area contributed by atoms with Crippen LogP contribution in [0.1, 0.15) is 38.1 Å². The van der Waals surface area contributed by atoms with Crippen molar-refractivity contribution in [3.8, 4) is 6.07 Å². The first-order valence-electron chi connectivity index (χ1n) is 11.2. The average Bonchev–Trinajstić information content (AvgIpc) is 3.61. The largest absolute Gasteiger partial charge is 0.396 e. The molecule has 1 aromatic carbocycles. The van der Waals surface area contributed by atoms with Gasteiger partial charge in [0.05, 0.1) is 52.9 Å². The van der Waals surface area contributed by atoms with Crippen LogP contribution in [-0.4, -0.2) is 27.2 Å². The van der Waals surface area contributed by atoms with Crippen molar-refractivity contribution in [2.24, 2.45) is 5.92 Å². The van der Waals surface area contributed by atoms with Crippen LogP contribution >= 0.6 is 0 Å². The van der Waals surface area contributed by atoms with E-state index in [2.05, 4.69) is 21.5 Å². The molecule has 0 radical (unpaired) electrons. The molecule has 5 rings (SSSR count). The number of rotatable bonds is 7. The van der Waals surface area contributed by atoms with Crippen LogP contribution in [0.3, 0.4) is 0 Å². The molecule has 1 aliphatic carbocycles. The highest BCUT2D eigenvalue weighted by Crippen LogP contribution is 2.37. The number of nitrogens with zero attached hydrogens (tertiary/aromatic N) is 5. The lowest BCUT2D eigenvalue weighted by Gasteiger charge is -2.21. The average molecular weight is 476 g/mol. The smallest absolute Gasteiger partial charge is 0.269 e. The highest BCUT2D eigenvalue weighted by atomic mass is 32.2. The second-order valence-electron chi connectivity index (χ2n) is 8.56. The molecule has 0 amide bonds. The molecule has 1 aliphatic rings. The molecule has 0 bridgehead atoms. The lowest BCUT2D eigenvalue weighted by molar-refractivity contribution is 0.315. The molecular formula is C24H25N7O2S. The third-order valence-corrected chi connectivity index (χ3v) is 8.15. The number of anilines is 3. The van der Waals surface area contributed by atoms with Crippen LogP contribution in [0, 0.1) is 17.2 Å². The van der Waals surface area contributed by atoms with Crippen molar-refractivity contribution < 1.29 is 8.42 Å². The molecule has 10 heteroatoms. The fraction of sp³-hybridized carbons (Fsp3) is 0.292. The van der Waals surface area contributed by atoms with E-state index < -0.39 is 10.0 Å². The van der Waals surface area contributed by atoms with Gasteiger partial charge in [-0.15, -0.1) is 0 Å². The summed E-state index contributed by atoms with van der Waals surface area (Å²) < 4.78 is 29.3. The fourth-order valence-corrected chi connectivity index (χ4v) is 6.08. The summed E-state index contributed by atoms with van der Waals surface area (Å²) in [6, 6.07) is 12.2. The van der Waals surface area contributed by atoms with Crippen molar-refractivity contribution in [3.05, 3.63) is 61.2 Å². The second-order valence-corrected chi connectivity index (χ2v) is 10.4. The Bertz CT molecular complexity index is 1460. The first-order chi connectivity index (χ1) is 16.5. The number of pyridine rings is 1. The lowest BCUT2D eigenvalue weighted by Crippen LogP contribution is -2.17. The number of nitrogen functional groups attached to an aromatic ring is 1. The number of hydrogen-bond donors (Lipinski definition) is 2. The predicted octanol–water partition coefficient (Wildman–Crippen LogP) is 4.44. The molecule has 3 N–H and O–H groups in total. The summed E-state index contributed by atoms with van der Waals surface area (Å²) in [5.41, 5.74) is 8.16. The highest BCUT2D eigenvalue weighted by Gasteiger charge is 2.27. The van der Waals surface area contributed by atoms with Gasteiger partial charge in [0.15, 0.2) is 5.65 Å². The maximum Gasteiger partial charge on any atom is 0.269 e. The molecule has 1 atom stereocenters. The zero-order valence-corrected chi connectivity index (χ0v) is 19.3. The van der Waals surface area contributed by atoms with E-state index in [4.69, 9.17) is 5.73 Å². The van der Waals surface area contributed by atoms with Crippen molar-refractivity contribution in [1.82, 2.24) is 18.7 Å². The van der Waals surface area contributed by atoms with Gasteiger partial charge in [-0.05, 0) is 37.0 Å². The summed E-state index contributed by atoms with van der Waals surface area (Å²) in [7, 11) is -3.81. The molecule has 3 heterocycles. The van der Waals surface area contributed by atoms with E-state index in [1.165, 1.54) is 25.2 Å². The monoisotopic (exact) mass is 475 g/mol. The van der Waals surface area contributed by atoms with Gasteiger partial charge >= 0.3 is 0 Å². The molecule has 1 unspecified atom stereocenters. The van der Waals surface area contributed by atoms with E-state index in [1.807, 2.05) is 10.9 Å². The summed E-state index contributed by atoms with van der Waals surface area (Å²) in [5, 5.41) is 17.7. The van der Waals surface area contributed by atoms with Crippen molar-refractivity contribution >= 4 is 38.1 Å². The summed E-state index contributed by atoms with van der Waals surface area (Å²) >= 11 is 0. The Balaban J connectivity index is 1.49. The summed E-state index contributed by atoms with van der Waals surface area (Å²) in [6.07, 6.45) is 11.5. The van der Waals surface area contributed by atoms with Gasteiger partial charge in [0.1, 0.15) is 0 Å². The number of nitrogens with one attached hydrogen (secondary N) is 1. The van der Waals surface area contributed by atoms with Gasteiger partial charge < -0.3 is 11.1 Å². The van der Waals surface area contributed by atoms with Gasteiger partial charge in [0.25, 0.3) is 10.0 Å². The Morgan fingerprint density at radius 3 is 2.68 bits per heavy atom. The SMILES string of the molecule is N#CCC(C1CCCC1)n1cc(Nc2c(N)cnc3c2ccn3S(=O)(=O)c2ccccc2)cn1. The fourth-order valence-electron chi connectivity index (χ4n) is 4.76.